The Morgan fingerprint density at radius 2 is 2.58 bits per heavy atom. The minimum atomic E-state index is -0.836. The van der Waals surface area contributed by atoms with Gasteiger partial charge in [-0.25, -0.2) is 4.79 Å². The number of hydrogen-bond acceptors (Lipinski definition) is 2. The van der Waals surface area contributed by atoms with E-state index in [1.807, 2.05) is 4.90 Å². The van der Waals surface area contributed by atoms with Crippen LogP contribution in [0, 0.1) is 12.3 Å². The number of nitrogens with zero attached hydrogens (tertiary/aromatic N) is 1. The summed E-state index contributed by atoms with van der Waals surface area (Å²) in [6.07, 6.45) is 7.66. The van der Waals surface area contributed by atoms with Crippen LogP contribution in [0.5, 0.6) is 0 Å². The Morgan fingerprint density at radius 1 is 1.83 bits per heavy atom. The van der Waals surface area contributed by atoms with Crippen molar-refractivity contribution in [1.82, 2.24) is 4.90 Å². The van der Waals surface area contributed by atoms with Gasteiger partial charge in [0.05, 0.1) is 6.54 Å². The smallest absolute Gasteiger partial charge is 0.332 e. The second-order valence-electron chi connectivity index (χ2n) is 2.74. The lowest BCUT2D eigenvalue weighted by Crippen LogP contribution is -2.32. The molecule has 1 heterocycles. The molecular weight excluding hydrogens is 154 g/mol. The number of carboxylic acid groups (broad SMARTS) is 1. The molecule has 0 unspecified atom stereocenters. The van der Waals surface area contributed by atoms with Crippen LogP contribution in [0.3, 0.4) is 0 Å². The van der Waals surface area contributed by atoms with Crippen LogP contribution in [0.25, 0.3) is 0 Å². The molecule has 0 aliphatic carbocycles. The van der Waals surface area contributed by atoms with E-state index in [1.165, 1.54) is 0 Å². The number of aliphatic carboxylic acids is 1. The highest BCUT2D eigenvalue weighted by Gasteiger charge is 2.15. The molecule has 1 aliphatic heterocycles. The quantitative estimate of drug-likeness (QED) is 0.600. The van der Waals surface area contributed by atoms with Crippen LogP contribution in [-0.4, -0.2) is 35.6 Å². The fourth-order valence-corrected chi connectivity index (χ4v) is 1.22. The minimum Gasteiger partial charge on any atom is -0.478 e. The number of carbonyl (C=O) groups is 1. The molecule has 3 nitrogen and oxygen atoms in total. The van der Waals surface area contributed by atoms with Gasteiger partial charge in [0.15, 0.2) is 0 Å². The van der Waals surface area contributed by atoms with Crippen LogP contribution in [0.15, 0.2) is 11.6 Å². The third-order valence-corrected chi connectivity index (χ3v) is 1.82. The third kappa shape index (κ3) is 2.11. The summed E-state index contributed by atoms with van der Waals surface area (Å²) in [5.74, 6) is 1.67. The van der Waals surface area contributed by atoms with Crippen molar-refractivity contribution in [3.8, 4) is 12.3 Å². The predicted octanol–water partition coefficient (Wildman–Crippen LogP) is 0.336. The first kappa shape index (κ1) is 8.82. The number of hydrogen-bond donors (Lipinski definition) is 1. The molecule has 0 atom stereocenters. The summed E-state index contributed by atoms with van der Waals surface area (Å²) in [4.78, 5) is 12.5. The average molecular weight is 165 g/mol. The molecule has 64 valence electrons. The second kappa shape index (κ2) is 3.93. The van der Waals surface area contributed by atoms with Crippen molar-refractivity contribution < 1.29 is 9.90 Å². The molecule has 0 radical (unpaired) electrons. The molecule has 0 aromatic carbocycles. The molecule has 1 N–H and O–H groups in total. The minimum absolute atomic E-state index is 0.455. The van der Waals surface area contributed by atoms with Gasteiger partial charge in [-0.05, 0) is 6.42 Å². The van der Waals surface area contributed by atoms with Gasteiger partial charge in [-0.2, -0.15) is 0 Å². The van der Waals surface area contributed by atoms with E-state index in [9.17, 15) is 4.79 Å². The molecular formula is C9H11NO2. The summed E-state index contributed by atoms with van der Waals surface area (Å²) >= 11 is 0. The molecule has 0 amide bonds. The normalized spacial score (nSPS) is 18.1. The first-order chi connectivity index (χ1) is 5.74. The number of rotatable bonds is 2. The van der Waals surface area contributed by atoms with E-state index in [-0.39, 0.29) is 0 Å². The van der Waals surface area contributed by atoms with Crippen molar-refractivity contribution in [2.75, 3.05) is 19.6 Å². The van der Waals surface area contributed by atoms with Crippen LogP contribution in [0.2, 0.25) is 0 Å². The summed E-state index contributed by atoms with van der Waals surface area (Å²) < 4.78 is 0. The Hall–Kier alpha value is -1.27. The van der Waals surface area contributed by atoms with E-state index in [1.54, 1.807) is 6.08 Å². The zero-order valence-electron chi connectivity index (χ0n) is 6.79. The standard InChI is InChI=1S/C9H11NO2/c1-2-5-10-6-3-4-8(7-10)9(11)12/h1,4H,3,5-7H2,(H,11,12). The van der Waals surface area contributed by atoms with E-state index < -0.39 is 5.97 Å². The Bertz CT molecular complexity index is 250. The van der Waals surface area contributed by atoms with Gasteiger partial charge in [-0.1, -0.05) is 12.0 Å². The molecule has 1 aliphatic rings. The van der Waals surface area contributed by atoms with Gasteiger partial charge < -0.3 is 5.11 Å². The fraction of sp³-hybridized carbons (Fsp3) is 0.444. The van der Waals surface area contributed by atoms with Gasteiger partial charge in [0, 0.05) is 18.7 Å². The van der Waals surface area contributed by atoms with Gasteiger partial charge in [-0.15, -0.1) is 6.42 Å². The molecule has 0 saturated heterocycles. The highest BCUT2D eigenvalue weighted by atomic mass is 16.4. The molecule has 0 saturated carbocycles. The van der Waals surface area contributed by atoms with Crippen LogP contribution in [0.4, 0.5) is 0 Å². The van der Waals surface area contributed by atoms with Gasteiger partial charge in [0.25, 0.3) is 0 Å². The predicted molar refractivity (Wildman–Crippen MR) is 45.6 cm³/mol. The molecule has 0 bridgehead atoms. The fourth-order valence-electron chi connectivity index (χ4n) is 1.22. The van der Waals surface area contributed by atoms with Crippen LogP contribution in [-0.2, 0) is 4.79 Å². The van der Waals surface area contributed by atoms with Crippen molar-refractivity contribution in [3.05, 3.63) is 11.6 Å². The van der Waals surface area contributed by atoms with E-state index in [4.69, 9.17) is 11.5 Å². The molecule has 1 rings (SSSR count). The topological polar surface area (TPSA) is 40.5 Å². The lowest BCUT2D eigenvalue weighted by molar-refractivity contribution is -0.133. The summed E-state index contributed by atoms with van der Waals surface area (Å²) in [5, 5.41) is 8.68. The summed E-state index contributed by atoms with van der Waals surface area (Å²) in [6, 6.07) is 0. The van der Waals surface area contributed by atoms with Crippen LogP contribution >= 0.6 is 0 Å². The van der Waals surface area contributed by atoms with Crippen LogP contribution < -0.4 is 0 Å². The van der Waals surface area contributed by atoms with Gasteiger partial charge in [0.2, 0.25) is 0 Å². The maximum absolute atomic E-state index is 10.6. The highest BCUT2D eigenvalue weighted by molar-refractivity contribution is 5.87. The van der Waals surface area contributed by atoms with Crippen molar-refractivity contribution in [2.24, 2.45) is 0 Å². The average Bonchev–Trinajstić information content (AvgIpc) is 2.05. The summed E-state index contributed by atoms with van der Waals surface area (Å²) in [5.41, 5.74) is 0.455. The molecule has 12 heavy (non-hydrogen) atoms. The zero-order valence-corrected chi connectivity index (χ0v) is 6.79. The number of carboxylic acids is 1. The van der Waals surface area contributed by atoms with E-state index in [0.717, 1.165) is 13.0 Å². The lowest BCUT2D eigenvalue weighted by atomic mass is 10.1. The van der Waals surface area contributed by atoms with Crippen molar-refractivity contribution in [3.63, 3.8) is 0 Å². The molecule has 0 fully saturated rings. The Morgan fingerprint density at radius 3 is 3.17 bits per heavy atom. The SMILES string of the molecule is C#CCN1CCC=C(C(=O)O)C1. The summed E-state index contributed by atoms with van der Waals surface area (Å²) in [7, 11) is 0. The van der Waals surface area contributed by atoms with Gasteiger partial charge in [0.1, 0.15) is 0 Å². The highest BCUT2D eigenvalue weighted by Crippen LogP contribution is 2.08. The molecule has 0 aromatic heterocycles. The summed E-state index contributed by atoms with van der Waals surface area (Å²) in [6.45, 7) is 1.87. The molecule has 0 aromatic rings. The van der Waals surface area contributed by atoms with Crippen LogP contribution in [0.1, 0.15) is 6.42 Å². The maximum Gasteiger partial charge on any atom is 0.332 e. The number of terminal acetylenes is 1. The van der Waals surface area contributed by atoms with Gasteiger partial charge >= 0.3 is 5.97 Å². The van der Waals surface area contributed by atoms with Crippen molar-refractivity contribution in [1.29, 1.82) is 0 Å². The monoisotopic (exact) mass is 165 g/mol. The van der Waals surface area contributed by atoms with Gasteiger partial charge in [-0.3, -0.25) is 4.90 Å². The van der Waals surface area contributed by atoms with Crippen molar-refractivity contribution in [2.45, 2.75) is 6.42 Å². The first-order valence-corrected chi connectivity index (χ1v) is 3.82. The second-order valence-corrected chi connectivity index (χ2v) is 2.74. The third-order valence-electron chi connectivity index (χ3n) is 1.82. The Balaban J connectivity index is 2.54. The first-order valence-electron chi connectivity index (χ1n) is 3.82. The molecule has 0 spiro atoms. The maximum atomic E-state index is 10.6. The molecule has 3 heteroatoms. The van der Waals surface area contributed by atoms with E-state index >= 15 is 0 Å². The Kier molecular flexibility index (Phi) is 2.89. The zero-order chi connectivity index (χ0) is 8.97. The Labute approximate surface area is 71.7 Å². The van der Waals surface area contributed by atoms with Crippen molar-refractivity contribution >= 4 is 5.97 Å². The lowest BCUT2D eigenvalue weighted by Gasteiger charge is -2.23. The van der Waals surface area contributed by atoms with E-state index in [2.05, 4.69) is 5.92 Å². The van der Waals surface area contributed by atoms with E-state index in [0.29, 0.717) is 18.7 Å². The largest absolute Gasteiger partial charge is 0.478 e.